The van der Waals surface area contributed by atoms with Crippen molar-refractivity contribution in [3.05, 3.63) is 83.8 Å². The molecule has 0 saturated heterocycles. The molecule has 0 spiro atoms. The summed E-state index contributed by atoms with van der Waals surface area (Å²) in [5.74, 6) is 0.0169. The van der Waals surface area contributed by atoms with Gasteiger partial charge in [0.2, 0.25) is 0 Å². The Labute approximate surface area is 150 Å². The lowest BCUT2D eigenvalue weighted by molar-refractivity contribution is 0.0925. The number of furan rings is 1. The van der Waals surface area contributed by atoms with E-state index in [0.29, 0.717) is 24.2 Å². The molecule has 26 heavy (non-hydrogen) atoms. The van der Waals surface area contributed by atoms with Gasteiger partial charge in [0.15, 0.2) is 11.3 Å². The van der Waals surface area contributed by atoms with Crippen LogP contribution in [0.5, 0.6) is 0 Å². The van der Waals surface area contributed by atoms with Crippen molar-refractivity contribution < 1.29 is 9.21 Å². The summed E-state index contributed by atoms with van der Waals surface area (Å²) >= 11 is 0. The number of rotatable bonds is 5. The number of aromatic nitrogens is 3. The number of nitrogens with one attached hydrogen (secondary N) is 1. The zero-order valence-electron chi connectivity index (χ0n) is 14.3. The first-order valence-corrected chi connectivity index (χ1v) is 8.37. The summed E-state index contributed by atoms with van der Waals surface area (Å²) in [7, 11) is 0. The van der Waals surface area contributed by atoms with E-state index >= 15 is 0 Å². The Hall–Kier alpha value is -3.41. The highest BCUT2D eigenvalue weighted by Gasteiger charge is 2.13. The standard InChI is InChI=1S/C20H18N4O2/c1-14-6-7-18-17(23-14)10-19(26-18)20(25)22-11-15-4-2-3-5-16(15)12-24-9-8-21-13-24/h2-10,13H,11-12H2,1H3,(H,22,25). The van der Waals surface area contributed by atoms with Gasteiger partial charge in [0.25, 0.3) is 5.91 Å². The molecule has 0 aliphatic heterocycles. The van der Waals surface area contributed by atoms with Gasteiger partial charge in [-0.05, 0) is 30.2 Å². The molecule has 1 N–H and O–H groups in total. The van der Waals surface area contributed by atoms with E-state index in [-0.39, 0.29) is 11.7 Å². The minimum atomic E-state index is -0.252. The number of imidazole rings is 1. The van der Waals surface area contributed by atoms with Gasteiger partial charge in [-0.25, -0.2) is 9.97 Å². The fraction of sp³-hybridized carbons (Fsp3) is 0.150. The van der Waals surface area contributed by atoms with Crippen LogP contribution in [-0.2, 0) is 13.1 Å². The van der Waals surface area contributed by atoms with Crippen molar-refractivity contribution in [2.45, 2.75) is 20.0 Å². The molecule has 1 aromatic carbocycles. The first kappa shape index (κ1) is 16.1. The number of nitrogens with zero attached hydrogens (tertiary/aromatic N) is 3. The predicted molar refractivity (Wildman–Crippen MR) is 97.7 cm³/mol. The van der Waals surface area contributed by atoms with Crippen LogP contribution in [-0.4, -0.2) is 20.4 Å². The quantitative estimate of drug-likeness (QED) is 0.602. The Balaban J connectivity index is 1.48. The van der Waals surface area contributed by atoms with Gasteiger partial charge < -0.3 is 14.3 Å². The van der Waals surface area contributed by atoms with E-state index in [0.717, 1.165) is 16.8 Å². The first-order valence-electron chi connectivity index (χ1n) is 8.37. The molecule has 3 heterocycles. The minimum Gasteiger partial charge on any atom is -0.449 e. The van der Waals surface area contributed by atoms with Crippen LogP contribution < -0.4 is 5.32 Å². The van der Waals surface area contributed by atoms with Crippen LogP contribution in [0.15, 0.2) is 65.6 Å². The second-order valence-electron chi connectivity index (χ2n) is 6.13. The molecule has 1 amide bonds. The van der Waals surface area contributed by atoms with Gasteiger partial charge >= 0.3 is 0 Å². The minimum absolute atomic E-state index is 0.252. The van der Waals surface area contributed by atoms with E-state index in [1.165, 1.54) is 0 Å². The smallest absolute Gasteiger partial charge is 0.287 e. The van der Waals surface area contributed by atoms with Crippen molar-refractivity contribution in [1.29, 1.82) is 0 Å². The number of hydrogen-bond acceptors (Lipinski definition) is 4. The predicted octanol–water partition coefficient (Wildman–Crippen LogP) is 3.31. The molecule has 6 nitrogen and oxygen atoms in total. The molecule has 4 rings (SSSR count). The molecule has 0 bridgehead atoms. The Morgan fingerprint density at radius 1 is 1.19 bits per heavy atom. The third kappa shape index (κ3) is 3.35. The molecule has 3 aromatic heterocycles. The van der Waals surface area contributed by atoms with Gasteiger partial charge in [0, 0.05) is 37.2 Å². The second kappa shape index (κ2) is 6.84. The van der Waals surface area contributed by atoms with Crippen LogP contribution in [0.2, 0.25) is 0 Å². The summed E-state index contributed by atoms with van der Waals surface area (Å²) in [6, 6.07) is 13.4. The third-order valence-corrected chi connectivity index (χ3v) is 4.21. The highest BCUT2D eigenvalue weighted by molar-refractivity contribution is 5.95. The van der Waals surface area contributed by atoms with Gasteiger partial charge in [-0.1, -0.05) is 24.3 Å². The highest BCUT2D eigenvalue weighted by Crippen LogP contribution is 2.18. The van der Waals surface area contributed by atoms with Gasteiger partial charge in [0.05, 0.1) is 6.33 Å². The molecule has 0 atom stereocenters. The maximum absolute atomic E-state index is 12.5. The van der Waals surface area contributed by atoms with Crippen molar-refractivity contribution in [3.8, 4) is 0 Å². The van der Waals surface area contributed by atoms with Crippen LogP contribution >= 0.6 is 0 Å². The van der Waals surface area contributed by atoms with E-state index in [9.17, 15) is 4.79 Å². The lowest BCUT2D eigenvalue weighted by Crippen LogP contribution is -2.23. The van der Waals surface area contributed by atoms with Crippen molar-refractivity contribution in [2.24, 2.45) is 0 Å². The van der Waals surface area contributed by atoms with E-state index in [1.54, 1.807) is 18.6 Å². The van der Waals surface area contributed by atoms with Crippen molar-refractivity contribution >= 4 is 17.0 Å². The highest BCUT2D eigenvalue weighted by atomic mass is 16.3. The zero-order valence-corrected chi connectivity index (χ0v) is 14.3. The van der Waals surface area contributed by atoms with Gasteiger partial charge in [-0.15, -0.1) is 0 Å². The number of hydrogen-bond donors (Lipinski definition) is 1. The number of fused-ring (bicyclic) bond motifs is 1. The van der Waals surface area contributed by atoms with E-state index in [1.807, 2.05) is 48.0 Å². The number of benzene rings is 1. The summed E-state index contributed by atoms with van der Waals surface area (Å²) < 4.78 is 7.60. The fourth-order valence-electron chi connectivity index (χ4n) is 2.86. The molecule has 0 aliphatic carbocycles. The Kier molecular flexibility index (Phi) is 4.23. The molecular formula is C20H18N4O2. The number of amides is 1. The van der Waals surface area contributed by atoms with Crippen LogP contribution in [0.3, 0.4) is 0 Å². The zero-order chi connectivity index (χ0) is 17.9. The summed E-state index contributed by atoms with van der Waals surface area (Å²) in [5, 5.41) is 2.93. The van der Waals surface area contributed by atoms with E-state index in [4.69, 9.17) is 4.42 Å². The number of carbonyl (C=O) groups is 1. The van der Waals surface area contributed by atoms with Crippen LogP contribution in [0, 0.1) is 6.92 Å². The average Bonchev–Trinajstić information content (AvgIpc) is 3.30. The average molecular weight is 346 g/mol. The summed E-state index contributed by atoms with van der Waals surface area (Å²) in [6.07, 6.45) is 5.44. The second-order valence-corrected chi connectivity index (χ2v) is 6.13. The molecule has 6 heteroatoms. The van der Waals surface area contributed by atoms with Crippen molar-refractivity contribution in [2.75, 3.05) is 0 Å². The number of aryl methyl sites for hydroxylation is 1. The van der Waals surface area contributed by atoms with E-state index in [2.05, 4.69) is 21.4 Å². The molecule has 4 aromatic rings. The normalized spacial score (nSPS) is 11.0. The first-order chi connectivity index (χ1) is 12.7. The molecule has 0 unspecified atom stereocenters. The fourth-order valence-corrected chi connectivity index (χ4v) is 2.86. The number of carbonyl (C=O) groups excluding carboxylic acids is 1. The Bertz CT molecular complexity index is 1050. The molecule has 130 valence electrons. The summed E-state index contributed by atoms with van der Waals surface area (Å²) in [5.41, 5.74) is 4.38. The van der Waals surface area contributed by atoms with Crippen LogP contribution in [0.25, 0.3) is 11.1 Å². The summed E-state index contributed by atoms with van der Waals surface area (Å²) in [6.45, 7) is 3.04. The molecule has 0 radical (unpaired) electrons. The molecule has 0 aliphatic rings. The third-order valence-electron chi connectivity index (χ3n) is 4.21. The monoisotopic (exact) mass is 346 g/mol. The largest absolute Gasteiger partial charge is 0.449 e. The molecule has 0 fully saturated rings. The maximum atomic E-state index is 12.5. The van der Waals surface area contributed by atoms with Gasteiger partial charge in [-0.3, -0.25) is 4.79 Å². The maximum Gasteiger partial charge on any atom is 0.287 e. The lowest BCUT2D eigenvalue weighted by atomic mass is 10.1. The van der Waals surface area contributed by atoms with Crippen LogP contribution in [0.1, 0.15) is 27.4 Å². The van der Waals surface area contributed by atoms with Gasteiger partial charge in [0.1, 0.15) is 5.52 Å². The van der Waals surface area contributed by atoms with Gasteiger partial charge in [-0.2, -0.15) is 0 Å². The van der Waals surface area contributed by atoms with Crippen LogP contribution in [0.4, 0.5) is 0 Å². The Morgan fingerprint density at radius 2 is 2.04 bits per heavy atom. The lowest BCUT2D eigenvalue weighted by Gasteiger charge is -2.10. The number of pyridine rings is 1. The topological polar surface area (TPSA) is 73.0 Å². The molecular weight excluding hydrogens is 328 g/mol. The Morgan fingerprint density at radius 3 is 2.85 bits per heavy atom. The molecule has 0 saturated carbocycles. The van der Waals surface area contributed by atoms with Crippen molar-refractivity contribution in [1.82, 2.24) is 19.9 Å². The summed E-state index contributed by atoms with van der Waals surface area (Å²) in [4.78, 5) is 20.9. The van der Waals surface area contributed by atoms with Crippen molar-refractivity contribution in [3.63, 3.8) is 0 Å². The SMILES string of the molecule is Cc1ccc2oc(C(=O)NCc3ccccc3Cn3ccnc3)cc2n1. The van der Waals surface area contributed by atoms with E-state index < -0.39 is 0 Å².